The van der Waals surface area contributed by atoms with Gasteiger partial charge in [0.2, 0.25) is 5.91 Å². The van der Waals surface area contributed by atoms with Crippen LogP contribution in [-0.4, -0.2) is 58.3 Å². The second kappa shape index (κ2) is 20.1. The van der Waals surface area contributed by atoms with Gasteiger partial charge in [-0.3, -0.25) is 14.4 Å². The van der Waals surface area contributed by atoms with Crippen molar-refractivity contribution in [2.24, 2.45) is 5.92 Å². The molecule has 2 fully saturated rings. The number of benzene rings is 2. The van der Waals surface area contributed by atoms with Gasteiger partial charge in [-0.15, -0.1) is 0 Å². The van der Waals surface area contributed by atoms with E-state index in [-0.39, 0.29) is 59.9 Å². The van der Waals surface area contributed by atoms with Gasteiger partial charge in [0, 0.05) is 12.6 Å². The molecule has 1 heterocycles. The highest BCUT2D eigenvalue weighted by atomic mass is 16.5. The molecule has 1 unspecified atom stereocenters. The van der Waals surface area contributed by atoms with Crippen LogP contribution >= 0.6 is 0 Å². The summed E-state index contributed by atoms with van der Waals surface area (Å²) in [6.07, 6.45) is 11.3. The van der Waals surface area contributed by atoms with Gasteiger partial charge < -0.3 is 25.4 Å². The molecule has 0 bridgehead atoms. The van der Waals surface area contributed by atoms with E-state index in [4.69, 9.17) is 9.47 Å². The van der Waals surface area contributed by atoms with E-state index in [2.05, 4.69) is 34.9 Å². The van der Waals surface area contributed by atoms with Crippen LogP contribution in [0.4, 0.5) is 0 Å². The molecule has 2 aliphatic rings. The van der Waals surface area contributed by atoms with Gasteiger partial charge >= 0.3 is 0 Å². The molecule has 10 nitrogen and oxygen atoms in total. The fourth-order valence-corrected chi connectivity index (χ4v) is 7.21. The predicted molar refractivity (Wildman–Crippen MR) is 198 cm³/mol. The first-order valence-corrected chi connectivity index (χ1v) is 19.2. The SMILES string of the molecule is CCCCC(CC)CNC(=O)c1cc(C(=O)N[C@H]2CCCC[C@@H]2OCc2ccccc2)n(CC(=O)N[C@H]2CCCC[C@@H]2OCc2ccccc2)n1. The number of aromatic nitrogens is 2. The largest absolute Gasteiger partial charge is 0.371 e. The molecule has 2 aromatic carbocycles. The van der Waals surface area contributed by atoms with Crippen LogP contribution in [0.25, 0.3) is 0 Å². The Morgan fingerprint density at radius 1 is 0.784 bits per heavy atom. The van der Waals surface area contributed by atoms with Crippen LogP contribution in [0.1, 0.15) is 123 Å². The molecule has 51 heavy (non-hydrogen) atoms. The third kappa shape index (κ3) is 11.8. The summed E-state index contributed by atoms with van der Waals surface area (Å²) in [4.78, 5) is 40.9. The standard InChI is InChI=1S/C41H57N5O5/c1-3-5-16-30(4-2)26-42-40(48)35-25-36(41(49)44-34-22-13-15-24-38(34)51-29-32-19-10-7-11-20-32)46(45-35)27-39(47)43-33-21-12-14-23-37(33)50-28-31-17-8-6-9-18-31/h6-11,17-20,25,30,33-34,37-38H,3-5,12-16,21-24,26-29H2,1-2H3,(H,42,48)(H,43,47)(H,44,49)/t30?,33-,34-,37-,38-/m0/s1. The van der Waals surface area contributed by atoms with Crippen LogP contribution in [0.3, 0.4) is 0 Å². The maximum absolute atomic E-state index is 14.0. The van der Waals surface area contributed by atoms with Gasteiger partial charge in [0.15, 0.2) is 5.69 Å². The second-order valence-corrected chi connectivity index (χ2v) is 14.2. The third-order valence-electron chi connectivity index (χ3n) is 10.3. The molecule has 5 atom stereocenters. The van der Waals surface area contributed by atoms with Gasteiger partial charge in [0.25, 0.3) is 11.8 Å². The number of ether oxygens (including phenoxy) is 2. The molecule has 3 N–H and O–H groups in total. The lowest BCUT2D eigenvalue weighted by Gasteiger charge is -2.32. The number of nitrogens with zero attached hydrogens (tertiary/aromatic N) is 2. The van der Waals surface area contributed by atoms with Crippen LogP contribution in [-0.2, 0) is 34.0 Å². The number of hydrogen-bond donors (Lipinski definition) is 3. The number of nitrogens with one attached hydrogen (secondary N) is 3. The van der Waals surface area contributed by atoms with Crippen molar-refractivity contribution in [2.75, 3.05) is 6.54 Å². The number of carbonyl (C=O) groups is 3. The zero-order valence-corrected chi connectivity index (χ0v) is 30.5. The summed E-state index contributed by atoms with van der Waals surface area (Å²) < 4.78 is 14.0. The molecule has 2 saturated carbocycles. The summed E-state index contributed by atoms with van der Waals surface area (Å²) in [6, 6.07) is 21.2. The van der Waals surface area contributed by atoms with Crippen molar-refractivity contribution >= 4 is 17.7 Å². The van der Waals surface area contributed by atoms with E-state index < -0.39 is 0 Å². The van der Waals surface area contributed by atoms with Gasteiger partial charge in [0.1, 0.15) is 12.2 Å². The van der Waals surface area contributed by atoms with Gasteiger partial charge in [0.05, 0.1) is 37.5 Å². The van der Waals surface area contributed by atoms with Crippen LogP contribution in [0.15, 0.2) is 66.7 Å². The van der Waals surface area contributed by atoms with Gasteiger partial charge in [-0.05, 0) is 49.1 Å². The van der Waals surface area contributed by atoms with Crippen molar-refractivity contribution in [3.8, 4) is 0 Å². The highest BCUT2D eigenvalue weighted by molar-refractivity contribution is 5.98. The molecule has 0 aliphatic heterocycles. The Labute approximate surface area is 303 Å². The molecule has 3 amide bonds. The summed E-state index contributed by atoms with van der Waals surface area (Å²) >= 11 is 0. The molecule has 0 radical (unpaired) electrons. The quantitative estimate of drug-likeness (QED) is 0.135. The van der Waals surface area contributed by atoms with Crippen molar-refractivity contribution < 1.29 is 23.9 Å². The molecule has 3 aromatic rings. The van der Waals surface area contributed by atoms with E-state index in [1.165, 1.54) is 10.7 Å². The molecule has 0 saturated heterocycles. The van der Waals surface area contributed by atoms with Crippen molar-refractivity contribution in [1.82, 2.24) is 25.7 Å². The first-order valence-electron chi connectivity index (χ1n) is 19.2. The zero-order valence-electron chi connectivity index (χ0n) is 30.5. The Kier molecular flexibility index (Phi) is 15.1. The average molecular weight is 700 g/mol. The summed E-state index contributed by atoms with van der Waals surface area (Å²) in [5.41, 5.74) is 2.48. The zero-order chi connectivity index (χ0) is 35.8. The monoisotopic (exact) mass is 699 g/mol. The summed E-state index contributed by atoms with van der Waals surface area (Å²) in [5, 5.41) is 13.9. The molecule has 276 valence electrons. The lowest BCUT2D eigenvalue weighted by Crippen LogP contribution is -2.48. The Balaban J connectivity index is 1.27. The fourth-order valence-electron chi connectivity index (χ4n) is 7.21. The molecule has 0 spiro atoms. The predicted octanol–water partition coefficient (Wildman–Crippen LogP) is 6.73. The Hall–Kier alpha value is -4.02. The highest BCUT2D eigenvalue weighted by Crippen LogP contribution is 2.24. The minimum atomic E-state index is -0.370. The molecular weight excluding hydrogens is 642 g/mol. The van der Waals surface area contributed by atoms with E-state index >= 15 is 0 Å². The Morgan fingerprint density at radius 3 is 1.92 bits per heavy atom. The lowest BCUT2D eigenvalue weighted by atomic mass is 9.92. The maximum atomic E-state index is 14.0. The van der Waals surface area contributed by atoms with Crippen molar-refractivity contribution in [3.63, 3.8) is 0 Å². The molecule has 5 rings (SSSR count). The van der Waals surface area contributed by atoms with E-state index in [1.807, 2.05) is 60.7 Å². The normalized spacial score (nSPS) is 21.1. The number of rotatable bonds is 18. The number of hydrogen-bond acceptors (Lipinski definition) is 6. The molecule has 10 heteroatoms. The molecular formula is C41H57N5O5. The Bertz CT molecular complexity index is 1510. The van der Waals surface area contributed by atoms with Crippen LogP contribution in [0.2, 0.25) is 0 Å². The van der Waals surface area contributed by atoms with E-state index in [1.54, 1.807) is 0 Å². The minimum Gasteiger partial charge on any atom is -0.371 e. The van der Waals surface area contributed by atoms with Crippen LogP contribution in [0, 0.1) is 5.92 Å². The highest BCUT2D eigenvalue weighted by Gasteiger charge is 2.31. The van der Waals surface area contributed by atoms with Crippen LogP contribution in [0.5, 0.6) is 0 Å². The third-order valence-corrected chi connectivity index (χ3v) is 10.3. The summed E-state index contributed by atoms with van der Waals surface area (Å²) in [5.74, 6) is -0.616. The average Bonchev–Trinajstić information content (AvgIpc) is 3.58. The van der Waals surface area contributed by atoms with Gasteiger partial charge in [-0.1, -0.05) is 119 Å². The summed E-state index contributed by atoms with van der Waals surface area (Å²) in [7, 11) is 0. The van der Waals surface area contributed by atoms with Crippen molar-refractivity contribution in [1.29, 1.82) is 0 Å². The molecule has 1 aromatic heterocycles. The van der Waals surface area contributed by atoms with E-state index in [0.29, 0.717) is 25.7 Å². The van der Waals surface area contributed by atoms with Crippen molar-refractivity contribution in [2.45, 2.75) is 135 Å². The first kappa shape index (κ1) is 38.2. The number of carbonyl (C=O) groups excluding carboxylic acids is 3. The molecule has 2 aliphatic carbocycles. The van der Waals surface area contributed by atoms with Crippen molar-refractivity contribution in [3.05, 3.63) is 89.2 Å². The maximum Gasteiger partial charge on any atom is 0.271 e. The van der Waals surface area contributed by atoms with E-state index in [9.17, 15) is 14.4 Å². The second-order valence-electron chi connectivity index (χ2n) is 14.2. The topological polar surface area (TPSA) is 124 Å². The first-order chi connectivity index (χ1) is 24.9. The van der Waals surface area contributed by atoms with E-state index in [0.717, 1.165) is 88.2 Å². The van der Waals surface area contributed by atoms with Crippen LogP contribution < -0.4 is 16.0 Å². The number of amides is 3. The van der Waals surface area contributed by atoms with Gasteiger partial charge in [-0.2, -0.15) is 5.10 Å². The fraction of sp³-hybridized carbons (Fsp3) is 0.561. The van der Waals surface area contributed by atoms with Gasteiger partial charge in [-0.25, -0.2) is 4.68 Å². The smallest absolute Gasteiger partial charge is 0.271 e. The minimum absolute atomic E-state index is 0.108. The number of unbranched alkanes of at least 4 members (excludes halogenated alkanes) is 1. The summed E-state index contributed by atoms with van der Waals surface area (Å²) in [6.45, 7) is 5.60. The lowest BCUT2D eigenvalue weighted by molar-refractivity contribution is -0.124. The Morgan fingerprint density at radius 2 is 1.35 bits per heavy atom.